The van der Waals surface area contributed by atoms with Crippen molar-refractivity contribution >= 4 is 23.6 Å². The van der Waals surface area contributed by atoms with Crippen molar-refractivity contribution in [2.75, 3.05) is 24.8 Å². The third kappa shape index (κ3) is 4.41. The van der Waals surface area contributed by atoms with Gasteiger partial charge in [-0.15, -0.1) is 0 Å². The first-order chi connectivity index (χ1) is 14.1. The molecule has 3 rings (SSSR count). The third-order valence-corrected chi connectivity index (χ3v) is 4.39. The summed E-state index contributed by atoms with van der Waals surface area (Å²) in [6.07, 6.45) is 2.37. The number of nitrogens with zero attached hydrogens (tertiary/aromatic N) is 1. The molecule has 0 aromatic heterocycles. The molecule has 152 valence electrons. The van der Waals surface area contributed by atoms with Crippen molar-refractivity contribution in [1.82, 2.24) is 5.43 Å². The molecule has 0 spiro atoms. The van der Waals surface area contributed by atoms with E-state index in [4.69, 9.17) is 14.6 Å². The second kappa shape index (κ2) is 9.25. The van der Waals surface area contributed by atoms with Gasteiger partial charge in [-0.1, -0.05) is 25.1 Å². The molecule has 1 heterocycles. The van der Waals surface area contributed by atoms with Crippen LogP contribution in [0.25, 0.3) is 6.08 Å². The van der Waals surface area contributed by atoms with E-state index in [2.05, 4.69) is 5.43 Å². The number of hydrazine groups is 1. The van der Waals surface area contributed by atoms with E-state index in [-0.39, 0.29) is 18.8 Å². The van der Waals surface area contributed by atoms with Crippen LogP contribution < -0.4 is 19.9 Å². The Bertz CT molecular complexity index is 924. The van der Waals surface area contributed by atoms with E-state index >= 15 is 0 Å². The normalized spacial score (nSPS) is 15.0. The number of rotatable bonds is 8. The summed E-state index contributed by atoms with van der Waals surface area (Å²) in [5.41, 5.74) is 4.46. The molecule has 1 fully saturated rings. The predicted molar refractivity (Wildman–Crippen MR) is 110 cm³/mol. The van der Waals surface area contributed by atoms with E-state index in [1.165, 1.54) is 11.1 Å². The Morgan fingerprint density at radius 2 is 1.83 bits per heavy atom. The Hall–Kier alpha value is -3.32. The number of ether oxygens (including phenoxy) is 2. The average Bonchev–Trinajstić information content (AvgIpc) is 3.01. The maximum absolute atomic E-state index is 12.8. The van der Waals surface area contributed by atoms with Crippen LogP contribution in [0.3, 0.4) is 0 Å². The standard InChI is InChI=1S/C22H24N2O5/c1-3-12-28-19-10-9-16(20(15(19)2)29-13-11-25)14-18-21(26)23-24(22(18)27)17-7-5-4-6-8-17/h4-10,14,25H,3,11-13H2,1-2H3,(H,23,26)/b18-14+. The summed E-state index contributed by atoms with van der Waals surface area (Å²) in [7, 11) is 0. The summed E-state index contributed by atoms with van der Waals surface area (Å²) >= 11 is 0. The van der Waals surface area contributed by atoms with Gasteiger partial charge in [0.2, 0.25) is 0 Å². The minimum absolute atomic E-state index is 0.00401. The number of hydrogen-bond donors (Lipinski definition) is 2. The Morgan fingerprint density at radius 3 is 2.52 bits per heavy atom. The van der Waals surface area contributed by atoms with Crippen molar-refractivity contribution < 1.29 is 24.2 Å². The van der Waals surface area contributed by atoms with E-state index in [0.717, 1.165) is 12.0 Å². The van der Waals surface area contributed by atoms with Gasteiger partial charge in [-0.25, -0.2) is 5.01 Å². The zero-order valence-corrected chi connectivity index (χ0v) is 16.5. The summed E-state index contributed by atoms with van der Waals surface area (Å²) in [5, 5.41) is 10.4. The van der Waals surface area contributed by atoms with Crippen LogP contribution in [0, 0.1) is 6.92 Å². The summed E-state index contributed by atoms with van der Waals surface area (Å²) in [6, 6.07) is 12.4. The van der Waals surface area contributed by atoms with Crippen molar-refractivity contribution in [3.8, 4) is 11.5 Å². The van der Waals surface area contributed by atoms with Crippen molar-refractivity contribution in [3.05, 3.63) is 59.2 Å². The highest BCUT2D eigenvalue weighted by Gasteiger charge is 2.34. The highest BCUT2D eigenvalue weighted by molar-refractivity contribution is 6.31. The van der Waals surface area contributed by atoms with Gasteiger partial charge in [0.25, 0.3) is 11.8 Å². The largest absolute Gasteiger partial charge is 0.493 e. The fourth-order valence-electron chi connectivity index (χ4n) is 2.99. The molecule has 2 aromatic rings. The number of aliphatic hydroxyl groups excluding tert-OH is 1. The molecule has 7 heteroatoms. The molecule has 2 amide bonds. The molecular weight excluding hydrogens is 372 g/mol. The van der Waals surface area contributed by atoms with E-state index in [1.54, 1.807) is 36.4 Å². The van der Waals surface area contributed by atoms with Crippen LogP contribution in [0.2, 0.25) is 0 Å². The number of anilines is 1. The number of nitrogens with one attached hydrogen (secondary N) is 1. The van der Waals surface area contributed by atoms with Gasteiger partial charge < -0.3 is 14.6 Å². The Balaban J connectivity index is 1.96. The predicted octanol–water partition coefficient (Wildman–Crippen LogP) is 2.62. The lowest BCUT2D eigenvalue weighted by molar-refractivity contribution is -0.117. The van der Waals surface area contributed by atoms with Crippen LogP contribution in [-0.4, -0.2) is 36.7 Å². The van der Waals surface area contributed by atoms with Crippen molar-refractivity contribution in [3.63, 3.8) is 0 Å². The molecule has 0 saturated carbocycles. The second-order valence-corrected chi connectivity index (χ2v) is 6.50. The van der Waals surface area contributed by atoms with Crippen LogP contribution in [0.4, 0.5) is 5.69 Å². The zero-order valence-electron chi connectivity index (χ0n) is 16.5. The molecule has 0 unspecified atom stereocenters. The third-order valence-electron chi connectivity index (χ3n) is 4.39. The number of carbonyl (C=O) groups is 2. The number of carbonyl (C=O) groups excluding carboxylic acids is 2. The highest BCUT2D eigenvalue weighted by Crippen LogP contribution is 2.34. The van der Waals surface area contributed by atoms with Gasteiger partial charge in [-0.05, 0) is 43.7 Å². The number of benzene rings is 2. The number of para-hydroxylation sites is 1. The maximum atomic E-state index is 12.8. The highest BCUT2D eigenvalue weighted by atomic mass is 16.5. The number of aliphatic hydroxyl groups is 1. The first-order valence-electron chi connectivity index (χ1n) is 9.49. The summed E-state index contributed by atoms with van der Waals surface area (Å²) in [6.45, 7) is 4.35. The van der Waals surface area contributed by atoms with Gasteiger partial charge in [-0.3, -0.25) is 15.0 Å². The van der Waals surface area contributed by atoms with Crippen LogP contribution in [0.15, 0.2) is 48.0 Å². The molecule has 2 N–H and O–H groups in total. The fourth-order valence-corrected chi connectivity index (χ4v) is 2.99. The Kier molecular flexibility index (Phi) is 6.51. The molecule has 0 bridgehead atoms. The van der Waals surface area contributed by atoms with Crippen LogP contribution in [0.1, 0.15) is 24.5 Å². The van der Waals surface area contributed by atoms with Gasteiger partial charge in [0, 0.05) is 11.1 Å². The minimum atomic E-state index is -0.490. The van der Waals surface area contributed by atoms with E-state index in [0.29, 0.717) is 29.4 Å². The van der Waals surface area contributed by atoms with Crippen molar-refractivity contribution in [2.45, 2.75) is 20.3 Å². The molecule has 1 saturated heterocycles. The quantitative estimate of drug-likeness (QED) is 0.529. The van der Waals surface area contributed by atoms with E-state index < -0.39 is 11.8 Å². The molecule has 1 aliphatic heterocycles. The van der Waals surface area contributed by atoms with Crippen LogP contribution in [0.5, 0.6) is 11.5 Å². The fraction of sp³-hybridized carbons (Fsp3) is 0.273. The molecule has 1 aliphatic rings. The smallest absolute Gasteiger partial charge is 0.282 e. The molecule has 29 heavy (non-hydrogen) atoms. The topological polar surface area (TPSA) is 88.1 Å². The Labute approximate surface area is 169 Å². The SMILES string of the molecule is CCCOc1ccc(/C=C2\C(=O)NN(c3ccccc3)C2=O)c(OCCO)c1C. The number of amides is 2. The maximum Gasteiger partial charge on any atom is 0.282 e. The van der Waals surface area contributed by atoms with E-state index in [1.807, 2.05) is 19.9 Å². The lowest BCUT2D eigenvalue weighted by Gasteiger charge is -2.16. The van der Waals surface area contributed by atoms with Crippen LogP contribution >= 0.6 is 0 Å². The lowest BCUT2D eigenvalue weighted by atomic mass is 10.0. The molecule has 2 aromatic carbocycles. The minimum Gasteiger partial charge on any atom is -0.493 e. The summed E-state index contributed by atoms with van der Waals surface area (Å²) in [4.78, 5) is 25.3. The van der Waals surface area contributed by atoms with Crippen molar-refractivity contribution in [2.24, 2.45) is 0 Å². The van der Waals surface area contributed by atoms with Gasteiger partial charge in [0.05, 0.1) is 18.9 Å². The molecule has 0 atom stereocenters. The molecule has 0 aliphatic carbocycles. The van der Waals surface area contributed by atoms with Gasteiger partial charge in [0.15, 0.2) is 0 Å². The van der Waals surface area contributed by atoms with Gasteiger partial charge in [0.1, 0.15) is 23.7 Å². The first-order valence-corrected chi connectivity index (χ1v) is 9.49. The summed E-state index contributed by atoms with van der Waals surface area (Å²) < 4.78 is 11.4. The van der Waals surface area contributed by atoms with E-state index in [9.17, 15) is 9.59 Å². The monoisotopic (exact) mass is 396 g/mol. The molecular formula is C22H24N2O5. The average molecular weight is 396 g/mol. The molecule has 0 radical (unpaired) electrons. The Morgan fingerprint density at radius 1 is 1.07 bits per heavy atom. The lowest BCUT2D eigenvalue weighted by Crippen LogP contribution is -2.35. The zero-order chi connectivity index (χ0) is 20.8. The summed E-state index contributed by atoms with van der Waals surface area (Å²) in [5.74, 6) is 0.197. The second-order valence-electron chi connectivity index (χ2n) is 6.50. The van der Waals surface area contributed by atoms with Gasteiger partial charge >= 0.3 is 0 Å². The van der Waals surface area contributed by atoms with Crippen LogP contribution in [-0.2, 0) is 9.59 Å². The molecule has 7 nitrogen and oxygen atoms in total. The van der Waals surface area contributed by atoms with Crippen molar-refractivity contribution in [1.29, 1.82) is 0 Å². The first kappa shape index (κ1) is 20.4. The number of hydrogen-bond acceptors (Lipinski definition) is 5. The van der Waals surface area contributed by atoms with Gasteiger partial charge in [-0.2, -0.15) is 0 Å².